The number of nitrogens with zero attached hydrogens (tertiary/aromatic N) is 1. The van der Waals surface area contributed by atoms with Crippen LogP contribution in [0.15, 0.2) is 24.3 Å². The van der Waals surface area contributed by atoms with E-state index in [2.05, 4.69) is 22.6 Å². The van der Waals surface area contributed by atoms with Crippen LogP contribution in [0.2, 0.25) is 0 Å². The van der Waals surface area contributed by atoms with E-state index in [0.29, 0.717) is 32.4 Å². The number of carbonyl (C=O) groups is 2. The summed E-state index contributed by atoms with van der Waals surface area (Å²) in [6.07, 6.45) is 1.52. The van der Waals surface area contributed by atoms with Crippen molar-refractivity contribution in [3.05, 3.63) is 33.4 Å². The van der Waals surface area contributed by atoms with Gasteiger partial charge in [-0.2, -0.15) is 0 Å². The second kappa shape index (κ2) is 6.36. The van der Waals surface area contributed by atoms with Gasteiger partial charge in [-0.15, -0.1) is 0 Å². The summed E-state index contributed by atoms with van der Waals surface area (Å²) in [7, 11) is 0. The smallest absolute Gasteiger partial charge is 0.306 e. The van der Waals surface area contributed by atoms with Crippen LogP contribution in [0.1, 0.15) is 18.4 Å². The predicted molar refractivity (Wildman–Crippen MR) is 79.8 cm³/mol. The van der Waals surface area contributed by atoms with E-state index >= 15 is 0 Å². The highest BCUT2D eigenvalue weighted by atomic mass is 127. The van der Waals surface area contributed by atoms with Crippen molar-refractivity contribution < 1.29 is 14.7 Å². The summed E-state index contributed by atoms with van der Waals surface area (Å²) in [5.74, 6) is -0.946. The number of likely N-dealkylation sites (tertiary alicyclic amines) is 1. The number of hydrogen-bond acceptors (Lipinski definition) is 2. The zero-order chi connectivity index (χ0) is 13.8. The highest BCUT2D eigenvalue weighted by Crippen LogP contribution is 2.19. The van der Waals surface area contributed by atoms with Crippen molar-refractivity contribution in [1.29, 1.82) is 0 Å². The van der Waals surface area contributed by atoms with E-state index in [4.69, 9.17) is 5.11 Å². The van der Waals surface area contributed by atoms with Crippen molar-refractivity contribution >= 4 is 34.5 Å². The molecule has 0 saturated carbocycles. The molecule has 1 amide bonds. The minimum absolute atomic E-state index is 0.0907. The van der Waals surface area contributed by atoms with Crippen LogP contribution >= 0.6 is 22.6 Å². The molecule has 1 heterocycles. The van der Waals surface area contributed by atoms with Crippen molar-refractivity contribution in [2.45, 2.75) is 19.3 Å². The lowest BCUT2D eigenvalue weighted by Gasteiger charge is -2.30. The number of benzene rings is 1. The van der Waals surface area contributed by atoms with Crippen LogP contribution in [0.4, 0.5) is 0 Å². The lowest BCUT2D eigenvalue weighted by molar-refractivity contribution is -0.145. The predicted octanol–water partition coefficient (Wildman–Crippen LogP) is 2.16. The van der Waals surface area contributed by atoms with E-state index in [1.165, 1.54) is 0 Å². The number of aliphatic carboxylic acids is 1. The fourth-order valence-electron chi connectivity index (χ4n) is 2.29. The summed E-state index contributed by atoms with van der Waals surface area (Å²) in [6.45, 7) is 1.11. The van der Waals surface area contributed by atoms with Gasteiger partial charge >= 0.3 is 5.97 Å². The lowest BCUT2D eigenvalue weighted by atomic mass is 9.96. The Kier molecular flexibility index (Phi) is 4.79. The Morgan fingerprint density at radius 1 is 1.26 bits per heavy atom. The Hall–Kier alpha value is -1.11. The molecule has 1 aliphatic rings. The van der Waals surface area contributed by atoms with Gasteiger partial charge in [-0.25, -0.2) is 0 Å². The molecule has 1 saturated heterocycles. The van der Waals surface area contributed by atoms with Crippen molar-refractivity contribution in [1.82, 2.24) is 4.90 Å². The first-order chi connectivity index (χ1) is 9.08. The Balaban J connectivity index is 1.92. The Bertz CT molecular complexity index is 481. The SMILES string of the molecule is O=C(O)C1CCN(C(=O)Cc2ccccc2I)CC1. The van der Waals surface area contributed by atoms with Crippen LogP contribution in [0.3, 0.4) is 0 Å². The molecule has 0 spiro atoms. The van der Waals surface area contributed by atoms with Gasteiger partial charge in [-0.05, 0) is 47.1 Å². The summed E-state index contributed by atoms with van der Waals surface area (Å²) >= 11 is 2.23. The molecule has 102 valence electrons. The van der Waals surface area contributed by atoms with E-state index in [-0.39, 0.29) is 11.8 Å². The molecule has 1 aromatic rings. The number of rotatable bonds is 3. The molecule has 0 atom stereocenters. The number of hydrogen-bond donors (Lipinski definition) is 1. The number of halogens is 1. The monoisotopic (exact) mass is 373 g/mol. The third kappa shape index (κ3) is 3.68. The molecule has 5 heteroatoms. The molecule has 19 heavy (non-hydrogen) atoms. The van der Waals surface area contributed by atoms with Crippen LogP contribution < -0.4 is 0 Å². The molecule has 0 radical (unpaired) electrons. The molecule has 4 nitrogen and oxygen atoms in total. The maximum absolute atomic E-state index is 12.2. The highest BCUT2D eigenvalue weighted by Gasteiger charge is 2.26. The summed E-state index contributed by atoms with van der Waals surface area (Å²) in [6, 6.07) is 7.83. The van der Waals surface area contributed by atoms with Crippen molar-refractivity contribution in [2.24, 2.45) is 5.92 Å². The van der Waals surface area contributed by atoms with Crippen LogP contribution in [-0.2, 0) is 16.0 Å². The molecule has 0 bridgehead atoms. The molecule has 0 unspecified atom stereocenters. The molecule has 1 N–H and O–H groups in total. The number of amides is 1. The van der Waals surface area contributed by atoms with Gasteiger partial charge in [-0.3, -0.25) is 9.59 Å². The number of carboxylic acid groups (broad SMARTS) is 1. The van der Waals surface area contributed by atoms with Crippen LogP contribution in [0.5, 0.6) is 0 Å². The van der Waals surface area contributed by atoms with Gasteiger partial charge in [0.25, 0.3) is 0 Å². The topological polar surface area (TPSA) is 57.6 Å². The van der Waals surface area contributed by atoms with E-state index < -0.39 is 5.97 Å². The minimum Gasteiger partial charge on any atom is -0.481 e. The average Bonchev–Trinajstić information content (AvgIpc) is 2.41. The van der Waals surface area contributed by atoms with Gasteiger partial charge in [0, 0.05) is 16.7 Å². The third-order valence-corrected chi connectivity index (χ3v) is 4.55. The van der Waals surface area contributed by atoms with Gasteiger partial charge in [0.15, 0.2) is 0 Å². The highest BCUT2D eigenvalue weighted by molar-refractivity contribution is 14.1. The van der Waals surface area contributed by atoms with Crippen molar-refractivity contribution in [3.63, 3.8) is 0 Å². The molecule has 2 rings (SSSR count). The Morgan fingerprint density at radius 3 is 2.47 bits per heavy atom. The molecule has 1 aliphatic heterocycles. The zero-order valence-corrected chi connectivity index (χ0v) is 12.7. The quantitative estimate of drug-likeness (QED) is 0.827. The van der Waals surface area contributed by atoms with E-state index in [0.717, 1.165) is 9.13 Å². The standard InChI is InChI=1S/C14H16INO3/c15-12-4-2-1-3-11(12)9-13(17)16-7-5-10(6-8-16)14(18)19/h1-4,10H,5-9H2,(H,18,19). The van der Waals surface area contributed by atoms with Crippen LogP contribution in [0, 0.1) is 9.49 Å². The fourth-order valence-corrected chi connectivity index (χ4v) is 2.87. The maximum atomic E-state index is 12.2. The van der Waals surface area contributed by atoms with Gasteiger partial charge in [-0.1, -0.05) is 18.2 Å². The molecule has 0 aromatic heterocycles. The summed E-state index contributed by atoms with van der Waals surface area (Å²) in [4.78, 5) is 24.8. The average molecular weight is 373 g/mol. The fraction of sp³-hybridized carbons (Fsp3) is 0.429. The first kappa shape index (κ1) is 14.3. The number of carbonyl (C=O) groups excluding carboxylic acids is 1. The molecular formula is C14H16INO3. The molecule has 0 aliphatic carbocycles. The molecule has 1 fully saturated rings. The van der Waals surface area contributed by atoms with Gasteiger partial charge < -0.3 is 10.0 Å². The van der Waals surface area contributed by atoms with Crippen LogP contribution in [0.25, 0.3) is 0 Å². The number of piperidine rings is 1. The Labute approximate surface area is 125 Å². The van der Waals surface area contributed by atoms with E-state index in [1.807, 2.05) is 24.3 Å². The van der Waals surface area contributed by atoms with E-state index in [9.17, 15) is 9.59 Å². The maximum Gasteiger partial charge on any atom is 0.306 e. The van der Waals surface area contributed by atoms with Gasteiger partial charge in [0.1, 0.15) is 0 Å². The Morgan fingerprint density at radius 2 is 1.89 bits per heavy atom. The molecular weight excluding hydrogens is 357 g/mol. The summed E-state index contributed by atoms with van der Waals surface area (Å²) in [5, 5.41) is 8.93. The second-order valence-electron chi connectivity index (χ2n) is 4.76. The number of carboxylic acids is 1. The normalized spacial score (nSPS) is 16.4. The van der Waals surface area contributed by atoms with Crippen LogP contribution in [-0.4, -0.2) is 35.0 Å². The van der Waals surface area contributed by atoms with Crippen molar-refractivity contribution in [2.75, 3.05) is 13.1 Å². The van der Waals surface area contributed by atoms with Gasteiger partial charge in [0.05, 0.1) is 12.3 Å². The lowest BCUT2D eigenvalue weighted by Crippen LogP contribution is -2.41. The largest absolute Gasteiger partial charge is 0.481 e. The van der Waals surface area contributed by atoms with Gasteiger partial charge in [0.2, 0.25) is 5.91 Å². The minimum atomic E-state index is -0.746. The third-order valence-electron chi connectivity index (χ3n) is 3.50. The van der Waals surface area contributed by atoms with Crippen molar-refractivity contribution in [3.8, 4) is 0 Å². The second-order valence-corrected chi connectivity index (χ2v) is 5.92. The molecule has 1 aromatic carbocycles. The first-order valence-electron chi connectivity index (χ1n) is 6.32. The van der Waals surface area contributed by atoms with E-state index in [1.54, 1.807) is 4.90 Å². The summed E-state index contributed by atoms with van der Waals surface area (Å²) in [5.41, 5.74) is 1.04. The zero-order valence-electron chi connectivity index (χ0n) is 10.5. The first-order valence-corrected chi connectivity index (χ1v) is 7.40. The summed E-state index contributed by atoms with van der Waals surface area (Å²) < 4.78 is 1.09.